The Morgan fingerprint density at radius 3 is 2.85 bits per heavy atom. The van der Waals surface area contributed by atoms with Crippen LogP contribution in [0.5, 0.6) is 5.75 Å². The molecular formula is C20H22N2O3S. The molecular weight excluding hydrogens is 348 g/mol. The fourth-order valence-electron chi connectivity index (χ4n) is 3.45. The van der Waals surface area contributed by atoms with Gasteiger partial charge in [0, 0.05) is 18.7 Å². The Bertz CT molecular complexity index is 841. The van der Waals surface area contributed by atoms with Crippen molar-refractivity contribution in [1.29, 1.82) is 0 Å². The van der Waals surface area contributed by atoms with Crippen molar-refractivity contribution in [2.24, 2.45) is 0 Å². The largest absolute Gasteiger partial charge is 0.495 e. The van der Waals surface area contributed by atoms with Crippen LogP contribution in [-0.2, 0) is 4.79 Å². The Morgan fingerprint density at radius 2 is 2.12 bits per heavy atom. The molecule has 2 heterocycles. The van der Waals surface area contributed by atoms with E-state index in [2.05, 4.69) is 11.4 Å². The molecule has 26 heavy (non-hydrogen) atoms. The molecule has 1 aliphatic carbocycles. The maximum Gasteiger partial charge on any atom is 0.266 e. The second-order valence-electron chi connectivity index (χ2n) is 6.82. The van der Waals surface area contributed by atoms with Crippen LogP contribution in [0.2, 0.25) is 0 Å². The number of piperidine rings is 1. The summed E-state index contributed by atoms with van der Waals surface area (Å²) in [6.07, 6.45) is 4.79. The number of nitrogens with zero attached hydrogens (tertiary/aromatic N) is 1. The van der Waals surface area contributed by atoms with Gasteiger partial charge in [-0.05, 0) is 66.8 Å². The first kappa shape index (κ1) is 17.1. The Kier molecular flexibility index (Phi) is 4.68. The van der Waals surface area contributed by atoms with Crippen molar-refractivity contribution in [2.75, 3.05) is 23.9 Å². The van der Waals surface area contributed by atoms with E-state index in [4.69, 9.17) is 4.74 Å². The van der Waals surface area contributed by atoms with Gasteiger partial charge in [-0.1, -0.05) is 0 Å². The van der Waals surface area contributed by atoms with Gasteiger partial charge in [0.25, 0.3) is 5.91 Å². The number of thiophene rings is 1. The average molecular weight is 370 g/mol. The molecule has 0 unspecified atom stereocenters. The van der Waals surface area contributed by atoms with Crippen molar-refractivity contribution in [3.05, 3.63) is 40.1 Å². The van der Waals surface area contributed by atoms with E-state index in [0.717, 1.165) is 29.0 Å². The fourth-order valence-corrected chi connectivity index (χ4v) is 4.33. The summed E-state index contributed by atoms with van der Waals surface area (Å²) < 4.78 is 5.43. The molecule has 0 atom stereocenters. The van der Waals surface area contributed by atoms with Crippen molar-refractivity contribution >= 4 is 34.5 Å². The molecule has 1 aromatic heterocycles. The lowest BCUT2D eigenvalue weighted by Crippen LogP contribution is -2.35. The second-order valence-corrected chi connectivity index (χ2v) is 7.74. The molecule has 4 rings (SSSR count). The first-order valence-electron chi connectivity index (χ1n) is 9.04. The van der Waals surface area contributed by atoms with E-state index in [1.54, 1.807) is 12.0 Å². The van der Waals surface area contributed by atoms with Gasteiger partial charge in [-0.3, -0.25) is 9.59 Å². The van der Waals surface area contributed by atoms with Gasteiger partial charge in [0.2, 0.25) is 5.91 Å². The van der Waals surface area contributed by atoms with E-state index in [-0.39, 0.29) is 11.8 Å². The lowest BCUT2D eigenvalue weighted by atomic mass is 10.1. The number of ether oxygens (including phenoxy) is 1. The van der Waals surface area contributed by atoms with E-state index in [0.29, 0.717) is 30.3 Å². The quantitative estimate of drug-likeness (QED) is 0.848. The van der Waals surface area contributed by atoms with Gasteiger partial charge in [-0.25, -0.2) is 0 Å². The lowest BCUT2D eigenvalue weighted by molar-refractivity contribution is -0.119. The molecule has 1 aromatic carbocycles. The van der Waals surface area contributed by atoms with Crippen LogP contribution in [0.15, 0.2) is 29.6 Å². The summed E-state index contributed by atoms with van der Waals surface area (Å²) in [5.74, 6) is 1.21. The molecule has 2 amide bonds. The molecule has 2 fully saturated rings. The summed E-state index contributed by atoms with van der Waals surface area (Å²) in [4.78, 5) is 27.6. The van der Waals surface area contributed by atoms with E-state index in [1.165, 1.54) is 24.2 Å². The van der Waals surface area contributed by atoms with Gasteiger partial charge < -0.3 is 15.0 Å². The monoisotopic (exact) mass is 370 g/mol. The highest BCUT2D eigenvalue weighted by Crippen LogP contribution is 2.43. The standard InChI is InChI=1S/C20H22N2O3S/c1-25-17-8-7-14(12-16(17)22-10-3-2-4-18(22)23)21-20(24)19-15(9-11-26-19)13-5-6-13/h7-9,11-13H,2-6,10H2,1H3,(H,21,24). The molecule has 0 radical (unpaired) electrons. The van der Waals surface area contributed by atoms with E-state index in [9.17, 15) is 9.59 Å². The lowest BCUT2D eigenvalue weighted by Gasteiger charge is -2.28. The third kappa shape index (κ3) is 3.33. The Morgan fingerprint density at radius 1 is 1.27 bits per heavy atom. The van der Waals surface area contributed by atoms with Crippen LogP contribution in [0, 0.1) is 0 Å². The molecule has 1 saturated carbocycles. The SMILES string of the molecule is COc1ccc(NC(=O)c2sccc2C2CC2)cc1N1CCCCC1=O. The van der Waals surface area contributed by atoms with E-state index >= 15 is 0 Å². The molecule has 1 aliphatic heterocycles. The molecule has 0 spiro atoms. The van der Waals surface area contributed by atoms with Gasteiger partial charge in [0.05, 0.1) is 17.7 Å². The van der Waals surface area contributed by atoms with Crippen molar-refractivity contribution in [3.8, 4) is 5.75 Å². The molecule has 1 saturated heterocycles. The number of hydrogen-bond acceptors (Lipinski definition) is 4. The maximum atomic E-state index is 12.7. The third-order valence-electron chi connectivity index (χ3n) is 4.97. The van der Waals surface area contributed by atoms with Crippen LogP contribution in [0.4, 0.5) is 11.4 Å². The zero-order valence-corrected chi connectivity index (χ0v) is 15.6. The van der Waals surface area contributed by atoms with Crippen molar-refractivity contribution in [1.82, 2.24) is 0 Å². The van der Waals surface area contributed by atoms with Gasteiger partial charge >= 0.3 is 0 Å². The maximum absolute atomic E-state index is 12.7. The molecule has 2 aliphatic rings. The fraction of sp³-hybridized carbons (Fsp3) is 0.400. The first-order valence-corrected chi connectivity index (χ1v) is 9.92. The van der Waals surface area contributed by atoms with Crippen LogP contribution in [0.25, 0.3) is 0 Å². The van der Waals surface area contributed by atoms with Crippen LogP contribution < -0.4 is 15.0 Å². The van der Waals surface area contributed by atoms with Crippen LogP contribution in [-0.4, -0.2) is 25.5 Å². The van der Waals surface area contributed by atoms with Gasteiger partial charge in [-0.15, -0.1) is 11.3 Å². The summed E-state index contributed by atoms with van der Waals surface area (Å²) in [5, 5.41) is 4.97. The highest BCUT2D eigenvalue weighted by atomic mass is 32.1. The summed E-state index contributed by atoms with van der Waals surface area (Å²) in [6.45, 7) is 0.684. The summed E-state index contributed by atoms with van der Waals surface area (Å²) in [7, 11) is 1.60. The number of carbonyl (C=O) groups excluding carboxylic acids is 2. The Balaban J connectivity index is 1.58. The molecule has 6 heteroatoms. The summed E-state index contributed by atoms with van der Waals surface area (Å²) in [5.41, 5.74) is 2.57. The van der Waals surface area contributed by atoms with Gasteiger partial charge in [-0.2, -0.15) is 0 Å². The number of carbonyl (C=O) groups is 2. The van der Waals surface area contributed by atoms with Crippen LogP contribution in [0.3, 0.4) is 0 Å². The van der Waals surface area contributed by atoms with E-state index < -0.39 is 0 Å². The van der Waals surface area contributed by atoms with Gasteiger partial charge in [0.1, 0.15) is 5.75 Å². The second kappa shape index (κ2) is 7.11. The average Bonchev–Trinajstić information content (AvgIpc) is 3.38. The van der Waals surface area contributed by atoms with Crippen LogP contribution >= 0.6 is 11.3 Å². The zero-order valence-electron chi connectivity index (χ0n) is 14.8. The van der Waals surface area contributed by atoms with Crippen molar-refractivity contribution in [3.63, 3.8) is 0 Å². The number of nitrogens with one attached hydrogen (secondary N) is 1. The minimum atomic E-state index is -0.0806. The number of hydrogen-bond donors (Lipinski definition) is 1. The van der Waals surface area contributed by atoms with Crippen molar-refractivity contribution in [2.45, 2.75) is 38.0 Å². The molecule has 136 valence electrons. The highest BCUT2D eigenvalue weighted by Gasteiger charge is 2.29. The predicted molar refractivity (Wildman–Crippen MR) is 103 cm³/mol. The minimum Gasteiger partial charge on any atom is -0.495 e. The number of benzene rings is 1. The zero-order chi connectivity index (χ0) is 18.1. The topological polar surface area (TPSA) is 58.6 Å². The third-order valence-corrected chi connectivity index (χ3v) is 5.90. The highest BCUT2D eigenvalue weighted by molar-refractivity contribution is 7.12. The van der Waals surface area contributed by atoms with Gasteiger partial charge in [0.15, 0.2) is 0 Å². The molecule has 0 bridgehead atoms. The number of methoxy groups -OCH3 is 1. The van der Waals surface area contributed by atoms with Crippen molar-refractivity contribution < 1.29 is 14.3 Å². The normalized spacial score (nSPS) is 17.3. The molecule has 1 N–H and O–H groups in total. The van der Waals surface area contributed by atoms with E-state index in [1.807, 2.05) is 23.6 Å². The minimum absolute atomic E-state index is 0.0806. The Labute approximate surface area is 157 Å². The number of anilines is 2. The smallest absolute Gasteiger partial charge is 0.266 e. The molecule has 5 nitrogen and oxygen atoms in total. The Hall–Kier alpha value is -2.34. The predicted octanol–water partition coefficient (Wildman–Crippen LogP) is 4.40. The molecule has 2 aromatic rings. The van der Waals surface area contributed by atoms with Crippen LogP contribution in [0.1, 0.15) is 53.3 Å². The first-order chi connectivity index (χ1) is 12.7. The summed E-state index contributed by atoms with van der Waals surface area (Å²) in [6, 6.07) is 7.52. The summed E-state index contributed by atoms with van der Waals surface area (Å²) >= 11 is 1.48. The number of amides is 2. The number of rotatable bonds is 5.